The maximum absolute atomic E-state index is 16.0. The summed E-state index contributed by atoms with van der Waals surface area (Å²) in [6, 6.07) is 29.7. The van der Waals surface area contributed by atoms with Crippen molar-refractivity contribution in [2.24, 2.45) is 0 Å². The van der Waals surface area contributed by atoms with E-state index in [1.165, 1.54) is 6.07 Å². The lowest BCUT2D eigenvalue weighted by atomic mass is 9.81. The van der Waals surface area contributed by atoms with Crippen molar-refractivity contribution in [3.63, 3.8) is 0 Å². The third-order valence-corrected chi connectivity index (χ3v) is 8.78. The van der Waals surface area contributed by atoms with Gasteiger partial charge in [0.05, 0.1) is 5.54 Å². The Balaban J connectivity index is 1.36. The highest BCUT2D eigenvalue weighted by atomic mass is 19.3. The first-order valence-electron chi connectivity index (χ1n) is 15.8. The molecule has 5 aromatic rings. The normalized spacial score (nSPS) is 19.1. The lowest BCUT2D eigenvalue weighted by molar-refractivity contribution is 0.0480. The summed E-state index contributed by atoms with van der Waals surface area (Å²) in [5, 5.41) is 0. The Bertz CT molecular complexity index is 2020. The van der Waals surface area contributed by atoms with E-state index in [9.17, 15) is 0 Å². The number of hydrogen-bond acceptors (Lipinski definition) is 4. The van der Waals surface area contributed by atoms with E-state index in [0.29, 0.717) is 34.2 Å². The van der Waals surface area contributed by atoms with Gasteiger partial charge in [-0.25, -0.2) is 15.0 Å². The third-order valence-electron chi connectivity index (χ3n) is 8.78. The van der Waals surface area contributed by atoms with Gasteiger partial charge in [-0.05, 0) is 62.2 Å². The third kappa shape index (κ3) is 5.40. The SMILES string of the molecule is C/C=C\C=C/C1(C)C/C(=C\C=C/C)N1c1ccc2c(c1)-c1cc(-c3nc(-c4ccccc4)nc(-c4ccccc4)n3)ccc1C2(F)F. The van der Waals surface area contributed by atoms with E-state index >= 15 is 8.78 Å². The molecule has 1 aliphatic heterocycles. The van der Waals surface area contributed by atoms with Crippen molar-refractivity contribution in [3.8, 4) is 45.3 Å². The Morgan fingerprint density at radius 1 is 0.638 bits per heavy atom. The Morgan fingerprint density at radius 3 is 1.79 bits per heavy atom. The summed E-state index contributed by atoms with van der Waals surface area (Å²) in [5.74, 6) is -1.66. The van der Waals surface area contributed by atoms with Gasteiger partial charge in [0.2, 0.25) is 0 Å². The minimum Gasteiger partial charge on any atom is -0.335 e. The molecule has 1 unspecified atom stereocenters. The summed E-state index contributed by atoms with van der Waals surface area (Å²) >= 11 is 0. The van der Waals surface area contributed by atoms with E-state index in [1.54, 1.807) is 18.2 Å². The predicted octanol–water partition coefficient (Wildman–Crippen LogP) is 10.6. The largest absolute Gasteiger partial charge is 0.335 e. The molecule has 0 saturated carbocycles. The fraction of sp³-hybridized carbons (Fsp3) is 0.146. The maximum atomic E-state index is 16.0. The van der Waals surface area contributed by atoms with Gasteiger partial charge in [0.15, 0.2) is 17.5 Å². The van der Waals surface area contributed by atoms with Crippen LogP contribution in [0.1, 0.15) is 38.3 Å². The Hall–Kier alpha value is -5.49. The molecule has 0 N–H and O–H groups in total. The van der Waals surface area contributed by atoms with Crippen LogP contribution in [0.4, 0.5) is 14.5 Å². The second kappa shape index (κ2) is 12.0. The highest BCUT2D eigenvalue weighted by molar-refractivity contribution is 5.86. The first-order chi connectivity index (χ1) is 22.8. The Labute approximate surface area is 274 Å². The number of rotatable bonds is 7. The first kappa shape index (κ1) is 30.2. The summed E-state index contributed by atoms with van der Waals surface area (Å²) in [6.07, 6.45) is 15.2. The zero-order chi connectivity index (χ0) is 32.6. The van der Waals surface area contributed by atoms with Crippen LogP contribution < -0.4 is 4.90 Å². The quantitative estimate of drug-likeness (QED) is 0.170. The number of nitrogens with zero attached hydrogens (tertiary/aromatic N) is 4. The average Bonchev–Trinajstić information content (AvgIpc) is 3.32. The van der Waals surface area contributed by atoms with E-state index in [2.05, 4.69) is 24.0 Å². The summed E-state index contributed by atoms with van der Waals surface area (Å²) in [6.45, 7) is 6.13. The minimum absolute atomic E-state index is 0.00432. The zero-order valence-electron chi connectivity index (χ0n) is 26.5. The van der Waals surface area contributed by atoms with Crippen molar-refractivity contribution < 1.29 is 8.78 Å². The molecule has 1 fully saturated rings. The molecule has 232 valence electrons. The molecular formula is C41H34F2N4. The van der Waals surface area contributed by atoms with Crippen LogP contribution in [0, 0.1) is 0 Å². The van der Waals surface area contributed by atoms with E-state index in [0.717, 1.165) is 28.9 Å². The average molecular weight is 621 g/mol. The molecule has 2 heterocycles. The van der Waals surface area contributed by atoms with Crippen molar-refractivity contribution in [2.75, 3.05) is 4.90 Å². The zero-order valence-corrected chi connectivity index (χ0v) is 26.5. The molecule has 2 aliphatic rings. The van der Waals surface area contributed by atoms with Crippen LogP contribution >= 0.6 is 0 Å². The molecule has 0 bridgehead atoms. The topological polar surface area (TPSA) is 41.9 Å². The van der Waals surface area contributed by atoms with Gasteiger partial charge in [-0.2, -0.15) is 8.78 Å². The van der Waals surface area contributed by atoms with Crippen LogP contribution in [0.15, 0.2) is 145 Å². The molecule has 47 heavy (non-hydrogen) atoms. The molecule has 1 saturated heterocycles. The molecule has 1 aliphatic carbocycles. The molecule has 7 rings (SSSR count). The number of halogens is 2. The lowest BCUT2D eigenvalue weighted by Crippen LogP contribution is -2.55. The van der Waals surface area contributed by atoms with E-state index < -0.39 is 5.92 Å². The minimum atomic E-state index is -3.13. The smallest absolute Gasteiger partial charge is 0.299 e. The van der Waals surface area contributed by atoms with Crippen molar-refractivity contribution in [1.82, 2.24) is 15.0 Å². The molecule has 0 amide bonds. The second-order valence-corrected chi connectivity index (χ2v) is 12.0. The fourth-order valence-electron chi connectivity index (χ4n) is 6.50. The van der Waals surface area contributed by atoms with Gasteiger partial charge in [0.1, 0.15) is 0 Å². The summed E-state index contributed by atoms with van der Waals surface area (Å²) in [5.41, 5.74) is 5.03. The maximum Gasteiger partial charge on any atom is 0.299 e. The highest BCUT2D eigenvalue weighted by Crippen LogP contribution is 2.54. The molecule has 1 aromatic heterocycles. The van der Waals surface area contributed by atoms with Gasteiger partial charge in [0.25, 0.3) is 5.92 Å². The molecule has 6 heteroatoms. The van der Waals surface area contributed by atoms with Gasteiger partial charge in [-0.3, -0.25) is 0 Å². The van der Waals surface area contributed by atoms with Crippen molar-refractivity contribution >= 4 is 5.69 Å². The molecule has 4 aromatic carbocycles. The van der Waals surface area contributed by atoms with Crippen LogP contribution in [-0.2, 0) is 5.92 Å². The molecule has 0 spiro atoms. The number of benzene rings is 4. The molecule has 4 nitrogen and oxygen atoms in total. The lowest BCUT2D eigenvalue weighted by Gasteiger charge is -2.53. The number of allylic oxidation sites excluding steroid dienone is 6. The van der Waals surface area contributed by atoms with E-state index in [1.807, 2.05) is 117 Å². The number of alkyl halides is 2. The standard InChI is InChI=1S/C41H34F2N4/c1-4-6-14-24-40(3)27-32(19-7-5-2)47(40)31-21-23-36-34(26-31)33-25-30(20-22-35(33)41(36,42)43)39-45-37(28-15-10-8-11-16-28)44-38(46-39)29-17-12-9-13-18-29/h4-26H,27H2,1-3H3/b6-4-,7-5-,24-14-,32-19+. The fourth-order valence-corrected chi connectivity index (χ4v) is 6.50. The monoisotopic (exact) mass is 620 g/mol. The van der Waals surface area contributed by atoms with Crippen LogP contribution in [0.2, 0.25) is 0 Å². The van der Waals surface area contributed by atoms with Crippen molar-refractivity contribution in [2.45, 2.75) is 38.7 Å². The number of fused-ring (bicyclic) bond motifs is 3. The van der Waals surface area contributed by atoms with Crippen LogP contribution in [0.5, 0.6) is 0 Å². The Kier molecular flexibility index (Phi) is 7.72. The molecule has 1 atom stereocenters. The van der Waals surface area contributed by atoms with Crippen LogP contribution in [-0.4, -0.2) is 20.5 Å². The summed E-state index contributed by atoms with van der Waals surface area (Å²) in [4.78, 5) is 16.7. The van der Waals surface area contributed by atoms with Crippen molar-refractivity contribution in [3.05, 3.63) is 156 Å². The number of hydrogen-bond donors (Lipinski definition) is 0. The highest BCUT2D eigenvalue weighted by Gasteiger charge is 2.47. The van der Waals surface area contributed by atoms with Gasteiger partial charge in [-0.1, -0.05) is 109 Å². The van der Waals surface area contributed by atoms with Crippen molar-refractivity contribution in [1.29, 1.82) is 0 Å². The van der Waals surface area contributed by atoms with E-state index in [-0.39, 0.29) is 16.7 Å². The molecule has 0 radical (unpaired) electrons. The van der Waals surface area contributed by atoms with E-state index in [4.69, 9.17) is 15.0 Å². The Morgan fingerprint density at radius 2 is 1.19 bits per heavy atom. The summed E-state index contributed by atoms with van der Waals surface area (Å²) in [7, 11) is 0. The number of anilines is 1. The van der Waals surface area contributed by atoms with Gasteiger partial charge < -0.3 is 4.90 Å². The summed E-state index contributed by atoms with van der Waals surface area (Å²) < 4.78 is 31.9. The first-order valence-corrected chi connectivity index (χ1v) is 15.8. The number of aromatic nitrogens is 3. The molecular weight excluding hydrogens is 586 g/mol. The second-order valence-electron chi connectivity index (χ2n) is 12.0. The van der Waals surface area contributed by atoms with Crippen LogP contribution in [0.3, 0.4) is 0 Å². The van der Waals surface area contributed by atoms with Gasteiger partial charge >= 0.3 is 0 Å². The van der Waals surface area contributed by atoms with Gasteiger partial charge in [-0.15, -0.1) is 0 Å². The van der Waals surface area contributed by atoms with Crippen LogP contribution in [0.25, 0.3) is 45.3 Å². The predicted molar refractivity (Wildman–Crippen MR) is 187 cm³/mol. The van der Waals surface area contributed by atoms with Gasteiger partial charge in [0, 0.05) is 45.6 Å².